The molecule has 16 heteroatoms. The van der Waals surface area contributed by atoms with Crippen molar-refractivity contribution < 1.29 is 66.4 Å². The predicted octanol–water partition coefficient (Wildman–Crippen LogP) is -3.99. The largest absolute Gasteiger partial charge is 0.397 e. The SMILES string of the molecule is CCCO[C@H]1O[C@H](COS(=O)(=O)O)[C@@H](O[C@@H]2O[C@H](CO)[C@@H](O)[C@H](O)[C@H]2NC(C)=O)[C@H](O)[C@H]1O. The Bertz CT molecular complexity index is 737. The molecular formula is C17H31NO14S. The molecule has 1 amide bonds. The van der Waals surface area contributed by atoms with E-state index in [1.54, 1.807) is 6.92 Å². The molecule has 0 bridgehead atoms. The van der Waals surface area contributed by atoms with Crippen LogP contribution in [0.3, 0.4) is 0 Å². The van der Waals surface area contributed by atoms with Gasteiger partial charge in [0.2, 0.25) is 5.91 Å². The number of carbonyl (C=O) groups is 1. The van der Waals surface area contributed by atoms with E-state index in [9.17, 15) is 38.7 Å². The average Bonchev–Trinajstić information content (AvgIpc) is 2.74. The summed E-state index contributed by atoms with van der Waals surface area (Å²) in [5.41, 5.74) is 0. The molecule has 15 nitrogen and oxygen atoms in total. The molecule has 0 saturated carbocycles. The van der Waals surface area contributed by atoms with Crippen molar-refractivity contribution in [2.24, 2.45) is 0 Å². The second-order valence-electron chi connectivity index (χ2n) is 7.64. The van der Waals surface area contributed by atoms with Crippen molar-refractivity contribution in [3.8, 4) is 0 Å². The van der Waals surface area contributed by atoms with E-state index in [4.69, 9.17) is 23.5 Å². The summed E-state index contributed by atoms with van der Waals surface area (Å²) in [6.07, 6.45) is -13.5. The third-order valence-corrected chi connectivity index (χ3v) is 5.48. The summed E-state index contributed by atoms with van der Waals surface area (Å²) in [6.45, 7) is 1.42. The van der Waals surface area contributed by atoms with Gasteiger partial charge in [-0.15, -0.1) is 0 Å². The highest BCUT2D eigenvalue weighted by Crippen LogP contribution is 2.30. The monoisotopic (exact) mass is 505 g/mol. The normalized spacial score (nSPS) is 39.9. The van der Waals surface area contributed by atoms with E-state index < -0.39 is 90.9 Å². The Labute approximate surface area is 190 Å². The molecule has 0 spiro atoms. The Hall–Kier alpha value is -1.02. The molecule has 0 aromatic rings. The number of nitrogens with one attached hydrogen (secondary N) is 1. The zero-order chi connectivity index (χ0) is 24.9. The van der Waals surface area contributed by atoms with Gasteiger partial charge in [0.1, 0.15) is 48.8 Å². The maximum absolute atomic E-state index is 11.6. The first kappa shape index (κ1) is 28.2. The first-order valence-electron chi connectivity index (χ1n) is 10.2. The Kier molecular flexibility index (Phi) is 10.3. The van der Waals surface area contributed by atoms with E-state index in [0.29, 0.717) is 6.42 Å². The molecule has 2 saturated heterocycles. The number of ether oxygens (including phenoxy) is 4. The predicted molar refractivity (Wildman–Crippen MR) is 105 cm³/mol. The van der Waals surface area contributed by atoms with Crippen molar-refractivity contribution in [3.63, 3.8) is 0 Å². The first-order valence-corrected chi connectivity index (χ1v) is 11.6. The molecular weight excluding hydrogens is 474 g/mol. The van der Waals surface area contributed by atoms with Gasteiger partial charge in [0.15, 0.2) is 12.6 Å². The lowest BCUT2D eigenvalue weighted by Crippen LogP contribution is -2.67. The summed E-state index contributed by atoms with van der Waals surface area (Å²) in [4.78, 5) is 11.6. The molecule has 2 aliphatic rings. The molecule has 0 radical (unpaired) electrons. The number of aliphatic hydroxyl groups is 5. The van der Waals surface area contributed by atoms with Gasteiger partial charge < -0.3 is 49.8 Å². The van der Waals surface area contributed by atoms with Crippen LogP contribution < -0.4 is 5.32 Å². The van der Waals surface area contributed by atoms with Crippen molar-refractivity contribution in [3.05, 3.63) is 0 Å². The summed E-state index contributed by atoms with van der Waals surface area (Å²) in [6, 6.07) is -1.39. The number of aliphatic hydroxyl groups excluding tert-OH is 5. The lowest BCUT2D eigenvalue weighted by atomic mass is 9.95. The van der Waals surface area contributed by atoms with Gasteiger partial charge in [0, 0.05) is 13.5 Å². The summed E-state index contributed by atoms with van der Waals surface area (Å²) in [5, 5.41) is 53.3. The Morgan fingerprint density at radius 1 is 1.00 bits per heavy atom. The fraction of sp³-hybridized carbons (Fsp3) is 0.941. The minimum absolute atomic E-state index is 0.129. The van der Waals surface area contributed by atoms with Gasteiger partial charge in [-0.25, -0.2) is 4.18 Å². The van der Waals surface area contributed by atoms with Crippen molar-refractivity contribution in [2.75, 3.05) is 19.8 Å². The first-order chi connectivity index (χ1) is 15.4. The van der Waals surface area contributed by atoms with Crippen LogP contribution in [0.15, 0.2) is 0 Å². The highest BCUT2D eigenvalue weighted by atomic mass is 32.3. The highest BCUT2D eigenvalue weighted by Gasteiger charge is 2.51. The molecule has 0 unspecified atom stereocenters. The van der Waals surface area contributed by atoms with Gasteiger partial charge in [-0.3, -0.25) is 9.35 Å². The zero-order valence-corrected chi connectivity index (χ0v) is 18.8. The molecule has 7 N–H and O–H groups in total. The molecule has 33 heavy (non-hydrogen) atoms. The van der Waals surface area contributed by atoms with Crippen LogP contribution in [0.4, 0.5) is 0 Å². The minimum atomic E-state index is -4.92. The second kappa shape index (κ2) is 12.1. The van der Waals surface area contributed by atoms with Crippen LogP contribution in [-0.4, -0.2) is 126 Å². The van der Waals surface area contributed by atoms with Gasteiger partial charge in [-0.05, 0) is 6.42 Å². The smallest absolute Gasteiger partial charge is 0.394 e. The molecule has 2 fully saturated rings. The molecule has 2 aliphatic heterocycles. The topological polar surface area (TPSA) is 231 Å². The lowest BCUT2D eigenvalue weighted by molar-refractivity contribution is -0.346. The minimum Gasteiger partial charge on any atom is -0.394 e. The third-order valence-electron chi connectivity index (χ3n) is 5.05. The van der Waals surface area contributed by atoms with Crippen LogP contribution in [0.1, 0.15) is 20.3 Å². The molecule has 0 aromatic heterocycles. The maximum Gasteiger partial charge on any atom is 0.397 e. The van der Waals surface area contributed by atoms with Crippen LogP contribution in [0, 0.1) is 0 Å². The van der Waals surface area contributed by atoms with Gasteiger partial charge in [0.25, 0.3) is 0 Å². The van der Waals surface area contributed by atoms with Gasteiger partial charge in [0.05, 0.1) is 13.2 Å². The van der Waals surface area contributed by atoms with Crippen LogP contribution in [0.2, 0.25) is 0 Å². The zero-order valence-electron chi connectivity index (χ0n) is 18.0. The second-order valence-corrected chi connectivity index (χ2v) is 8.73. The van der Waals surface area contributed by atoms with E-state index in [2.05, 4.69) is 9.50 Å². The van der Waals surface area contributed by atoms with Crippen molar-refractivity contribution in [1.82, 2.24) is 5.32 Å². The van der Waals surface area contributed by atoms with E-state index in [1.807, 2.05) is 0 Å². The standard InChI is InChI=1S/C17H31NO14S/c1-3-4-28-17-14(24)13(23)15(9(31-17)6-29-33(25,26)27)32-16-10(18-7(2)20)12(22)11(21)8(5-19)30-16/h8-17,19,21-24H,3-6H2,1-2H3,(H,18,20)(H,25,26,27)/t8-,9-,10-,11-,12-,13-,14-,15-,16+,17+/m1/s1. The van der Waals surface area contributed by atoms with Crippen LogP contribution in [0.25, 0.3) is 0 Å². The van der Waals surface area contributed by atoms with Gasteiger partial charge in [-0.2, -0.15) is 8.42 Å². The molecule has 0 aromatic carbocycles. The molecule has 10 atom stereocenters. The summed E-state index contributed by atoms with van der Waals surface area (Å²) in [7, 11) is -4.92. The van der Waals surface area contributed by atoms with E-state index in [-0.39, 0.29) is 6.61 Å². The summed E-state index contributed by atoms with van der Waals surface area (Å²) < 4.78 is 57.2. The Balaban J connectivity index is 2.29. The number of hydrogen-bond donors (Lipinski definition) is 7. The van der Waals surface area contributed by atoms with Crippen LogP contribution in [-0.2, 0) is 38.3 Å². The van der Waals surface area contributed by atoms with Crippen LogP contribution in [0.5, 0.6) is 0 Å². The number of rotatable bonds is 10. The van der Waals surface area contributed by atoms with E-state index in [0.717, 1.165) is 6.92 Å². The number of amides is 1. The summed E-state index contributed by atoms with van der Waals surface area (Å²) >= 11 is 0. The Morgan fingerprint density at radius 3 is 2.18 bits per heavy atom. The fourth-order valence-corrected chi connectivity index (χ4v) is 3.78. The molecule has 2 heterocycles. The van der Waals surface area contributed by atoms with Crippen molar-refractivity contribution in [2.45, 2.75) is 81.6 Å². The van der Waals surface area contributed by atoms with E-state index >= 15 is 0 Å². The van der Waals surface area contributed by atoms with Crippen molar-refractivity contribution >= 4 is 16.3 Å². The molecule has 194 valence electrons. The lowest BCUT2D eigenvalue weighted by Gasteiger charge is -2.47. The van der Waals surface area contributed by atoms with Gasteiger partial charge >= 0.3 is 10.4 Å². The van der Waals surface area contributed by atoms with Crippen molar-refractivity contribution in [1.29, 1.82) is 0 Å². The molecule has 2 rings (SSSR count). The van der Waals surface area contributed by atoms with E-state index in [1.165, 1.54) is 0 Å². The highest BCUT2D eigenvalue weighted by molar-refractivity contribution is 7.80. The Morgan fingerprint density at radius 2 is 1.64 bits per heavy atom. The van der Waals surface area contributed by atoms with Gasteiger partial charge in [-0.1, -0.05) is 6.92 Å². The third kappa shape index (κ3) is 7.48. The molecule has 0 aliphatic carbocycles. The quantitative estimate of drug-likeness (QED) is 0.140. The average molecular weight is 505 g/mol. The maximum atomic E-state index is 11.6. The number of carbonyl (C=O) groups excluding carboxylic acids is 1. The number of hydrogen-bond acceptors (Lipinski definition) is 13. The fourth-order valence-electron chi connectivity index (χ4n) is 3.47. The van der Waals surface area contributed by atoms with Crippen LogP contribution >= 0.6 is 0 Å². The summed E-state index contributed by atoms with van der Waals surface area (Å²) in [5.74, 6) is -0.634.